The van der Waals surface area contributed by atoms with E-state index in [0.29, 0.717) is 16.9 Å². The number of anilines is 2. The van der Waals surface area contributed by atoms with Crippen molar-refractivity contribution in [1.29, 1.82) is 0 Å². The smallest absolute Gasteiger partial charge is 0.255 e. The molecule has 146 valence electrons. The summed E-state index contributed by atoms with van der Waals surface area (Å²) in [4.78, 5) is 21.2. The number of nitrogens with two attached hydrogens (primary N) is 1. The van der Waals surface area contributed by atoms with E-state index in [0.717, 1.165) is 36.8 Å². The fourth-order valence-electron chi connectivity index (χ4n) is 3.68. The third-order valence-electron chi connectivity index (χ3n) is 5.27. The van der Waals surface area contributed by atoms with Crippen molar-refractivity contribution in [1.82, 2.24) is 19.7 Å². The van der Waals surface area contributed by atoms with Crippen molar-refractivity contribution in [2.24, 2.45) is 0 Å². The fraction of sp³-hybridized carbons (Fsp3) is 0.400. The molecular weight excluding hydrogens is 359 g/mol. The molecule has 28 heavy (non-hydrogen) atoms. The number of carbonyl (C=O) groups is 1. The van der Waals surface area contributed by atoms with E-state index in [2.05, 4.69) is 27.3 Å². The van der Waals surface area contributed by atoms with Crippen LogP contribution >= 0.6 is 0 Å². The van der Waals surface area contributed by atoms with Gasteiger partial charge in [-0.05, 0) is 44.9 Å². The second-order valence-electron chi connectivity index (χ2n) is 7.69. The minimum Gasteiger partial charge on any atom is -0.383 e. The van der Waals surface area contributed by atoms with Crippen LogP contribution in [0.3, 0.4) is 0 Å². The first kappa shape index (κ1) is 18.3. The number of aryl methyl sites for hydroxylation is 1. The van der Waals surface area contributed by atoms with Gasteiger partial charge in [-0.15, -0.1) is 0 Å². The second kappa shape index (κ2) is 6.54. The van der Waals surface area contributed by atoms with E-state index in [1.807, 2.05) is 0 Å². The summed E-state index contributed by atoms with van der Waals surface area (Å²) in [6.45, 7) is 5.70. The van der Waals surface area contributed by atoms with Crippen LogP contribution in [0.25, 0.3) is 16.9 Å². The molecule has 0 unspecified atom stereocenters. The van der Waals surface area contributed by atoms with Crippen molar-refractivity contribution in [3.05, 3.63) is 35.3 Å². The van der Waals surface area contributed by atoms with Crippen molar-refractivity contribution in [2.75, 3.05) is 11.1 Å². The van der Waals surface area contributed by atoms with Crippen LogP contribution in [0.1, 0.15) is 51.3 Å². The van der Waals surface area contributed by atoms with Gasteiger partial charge in [-0.25, -0.2) is 4.39 Å². The van der Waals surface area contributed by atoms with Gasteiger partial charge in [0.25, 0.3) is 5.95 Å². The Labute approximate surface area is 162 Å². The number of nitrogen functional groups attached to an aromatic ring is 1. The van der Waals surface area contributed by atoms with E-state index in [1.165, 1.54) is 12.1 Å². The molecule has 0 fully saturated rings. The second-order valence-corrected chi connectivity index (χ2v) is 7.69. The first-order chi connectivity index (χ1) is 13.3. The van der Waals surface area contributed by atoms with Crippen molar-refractivity contribution in [2.45, 2.75) is 51.9 Å². The maximum atomic E-state index is 13.9. The summed E-state index contributed by atoms with van der Waals surface area (Å²) < 4.78 is 15.4. The van der Waals surface area contributed by atoms with Gasteiger partial charge in [0, 0.05) is 5.39 Å². The number of aromatic nitrogens is 4. The minimum atomic E-state index is -0.793. The molecular formula is C20H23FN6O. The lowest BCUT2D eigenvalue weighted by Crippen LogP contribution is -2.27. The zero-order valence-corrected chi connectivity index (χ0v) is 16.2. The van der Waals surface area contributed by atoms with Gasteiger partial charge in [0.1, 0.15) is 17.5 Å². The fourth-order valence-corrected chi connectivity index (χ4v) is 3.68. The molecule has 0 bridgehead atoms. The highest BCUT2D eigenvalue weighted by Gasteiger charge is 2.42. The summed E-state index contributed by atoms with van der Waals surface area (Å²) in [5.74, 6) is 0.408. The predicted molar refractivity (Wildman–Crippen MR) is 106 cm³/mol. The molecule has 0 spiro atoms. The molecule has 3 aromatic rings. The van der Waals surface area contributed by atoms with Crippen LogP contribution in [0.4, 0.5) is 16.0 Å². The van der Waals surface area contributed by atoms with Crippen molar-refractivity contribution < 1.29 is 9.18 Å². The average Bonchev–Trinajstić information content (AvgIpc) is 3.10. The van der Waals surface area contributed by atoms with Gasteiger partial charge >= 0.3 is 0 Å². The highest BCUT2D eigenvalue weighted by atomic mass is 19.1. The number of hydrogen-bond acceptors (Lipinski definition) is 5. The lowest BCUT2D eigenvalue weighted by molar-refractivity contribution is -0.119. The molecule has 1 aliphatic rings. The number of rotatable bonds is 5. The molecule has 0 atom stereocenters. The third kappa shape index (κ3) is 2.80. The SMILES string of the molecule is CCCCCc1nn(-c2nc(N)c3c(n2)NC(=O)C3(C)C)c2ccc(F)cc12. The standard InChI is InChI=1S/C20H23FN6O/c1-4-5-6-7-13-12-10-11(21)8-9-14(12)27(26-13)19-23-16(22)15-17(25-19)24-18(28)20(15,2)3/h8-10H,4-7H2,1-3H3,(H3,22,23,24,25,28). The number of amides is 1. The monoisotopic (exact) mass is 382 g/mol. The van der Waals surface area contributed by atoms with Crippen molar-refractivity contribution in [3.8, 4) is 5.95 Å². The summed E-state index contributed by atoms with van der Waals surface area (Å²) in [6, 6.07) is 4.54. The number of unbranched alkanes of at least 4 members (excludes halogenated alkanes) is 2. The molecule has 0 saturated carbocycles. The molecule has 3 N–H and O–H groups in total. The highest BCUT2D eigenvalue weighted by Crippen LogP contribution is 2.39. The van der Waals surface area contributed by atoms with Gasteiger partial charge in [-0.1, -0.05) is 19.8 Å². The molecule has 8 heteroatoms. The van der Waals surface area contributed by atoms with Gasteiger partial charge in [0.05, 0.1) is 22.2 Å². The Morgan fingerprint density at radius 3 is 2.79 bits per heavy atom. The Morgan fingerprint density at radius 2 is 2.04 bits per heavy atom. The molecule has 4 rings (SSSR count). The molecule has 1 aliphatic heterocycles. The normalized spacial score (nSPS) is 15.1. The summed E-state index contributed by atoms with van der Waals surface area (Å²) in [6.07, 6.45) is 3.88. The summed E-state index contributed by atoms with van der Waals surface area (Å²) in [5.41, 5.74) is 7.48. The largest absolute Gasteiger partial charge is 0.383 e. The third-order valence-corrected chi connectivity index (χ3v) is 5.27. The summed E-state index contributed by atoms with van der Waals surface area (Å²) in [7, 11) is 0. The Morgan fingerprint density at radius 1 is 1.25 bits per heavy atom. The molecule has 7 nitrogen and oxygen atoms in total. The molecule has 3 heterocycles. The number of halogens is 1. The number of nitrogens with zero attached hydrogens (tertiary/aromatic N) is 4. The van der Waals surface area contributed by atoms with Crippen LogP contribution in [-0.2, 0) is 16.6 Å². The van der Waals surface area contributed by atoms with E-state index in [-0.39, 0.29) is 23.5 Å². The Bertz CT molecular complexity index is 1090. The number of benzene rings is 1. The molecule has 0 saturated heterocycles. The molecule has 0 aliphatic carbocycles. The van der Waals surface area contributed by atoms with Gasteiger partial charge < -0.3 is 11.1 Å². The number of nitrogens with one attached hydrogen (secondary N) is 1. The first-order valence-electron chi connectivity index (χ1n) is 9.50. The maximum absolute atomic E-state index is 13.9. The Balaban J connectivity index is 1.85. The Kier molecular flexibility index (Phi) is 4.28. The van der Waals surface area contributed by atoms with Gasteiger partial charge in [-0.2, -0.15) is 19.7 Å². The zero-order chi connectivity index (χ0) is 20.1. The molecule has 0 radical (unpaired) electrons. The summed E-state index contributed by atoms with van der Waals surface area (Å²) >= 11 is 0. The van der Waals surface area contributed by atoms with E-state index >= 15 is 0 Å². The quantitative estimate of drug-likeness (QED) is 0.658. The predicted octanol–water partition coefficient (Wildman–Crippen LogP) is 3.50. The molecule has 1 amide bonds. The number of hydrogen-bond donors (Lipinski definition) is 2. The van der Waals surface area contributed by atoms with Crippen LogP contribution in [-0.4, -0.2) is 25.7 Å². The van der Waals surface area contributed by atoms with Crippen LogP contribution in [0.5, 0.6) is 0 Å². The van der Waals surface area contributed by atoms with E-state index < -0.39 is 5.41 Å². The van der Waals surface area contributed by atoms with Crippen molar-refractivity contribution >= 4 is 28.4 Å². The van der Waals surface area contributed by atoms with Crippen LogP contribution in [0.15, 0.2) is 18.2 Å². The Hall–Kier alpha value is -3.03. The minimum absolute atomic E-state index is 0.173. The van der Waals surface area contributed by atoms with Gasteiger partial charge in [-0.3, -0.25) is 4.79 Å². The van der Waals surface area contributed by atoms with Crippen LogP contribution in [0, 0.1) is 5.82 Å². The zero-order valence-electron chi connectivity index (χ0n) is 16.2. The number of carbonyl (C=O) groups excluding carboxylic acids is 1. The van der Waals surface area contributed by atoms with Gasteiger partial charge in [0.2, 0.25) is 5.91 Å². The van der Waals surface area contributed by atoms with Crippen LogP contribution < -0.4 is 11.1 Å². The van der Waals surface area contributed by atoms with Crippen LogP contribution in [0.2, 0.25) is 0 Å². The summed E-state index contributed by atoms with van der Waals surface area (Å²) in [5, 5.41) is 8.16. The molecule has 1 aromatic carbocycles. The van der Waals surface area contributed by atoms with E-state index in [1.54, 1.807) is 24.6 Å². The maximum Gasteiger partial charge on any atom is 0.255 e. The van der Waals surface area contributed by atoms with Gasteiger partial charge in [0.15, 0.2) is 0 Å². The first-order valence-corrected chi connectivity index (χ1v) is 9.50. The lowest BCUT2D eigenvalue weighted by atomic mass is 9.87. The highest BCUT2D eigenvalue weighted by molar-refractivity contribution is 6.06. The van der Waals surface area contributed by atoms with Crippen molar-refractivity contribution in [3.63, 3.8) is 0 Å². The van der Waals surface area contributed by atoms with E-state index in [4.69, 9.17) is 5.73 Å². The molecule has 2 aromatic heterocycles. The van der Waals surface area contributed by atoms with E-state index in [9.17, 15) is 9.18 Å². The average molecular weight is 382 g/mol. The lowest BCUT2D eigenvalue weighted by Gasteiger charge is -2.16. The number of fused-ring (bicyclic) bond motifs is 2. The topological polar surface area (TPSA) is 98.7 Å².